The van der Waals surface area contributed by atoms with Crippen molar-refractivity contribution < 1.29 is 17.0 Å². The second-order valence-corrected chi connectivity index (χ2v) is 1.51. The van der Waals surface area contributed by atoms with E-state index in [0.717, 1.165) is 0 Å². The molecule has 0 aliphatic carbocycles. The van der Waals surface area contributed by atoms with E-state index in [2.05, 4.69) is 20.8 Å². The Kier molecular flexibility index (Phi) is 23.1. The molecule has 0 bridgehead atoms. The van der Waals surface area contributed by atoms with E-state index in [9.17, 15) is 0 Å². The van der Waals surface area contributed by atoms with Gasteiger partial charge in [0.15, 0.2) is 0 Å². The first-order valence-electron chi connectivity index (χ1n) is 2.10. The van der Waals surface area contributed by atoms with Crippen molar-refractivity contribution in [2.75, 3.05) is 0 Å². The molecular weight excluding hydrogens is 164 g/mol. The fraction of sp³-hybridized carbons (Fsp3) is 0.800. The maximum absolute atomic E-state index is 3.76. The Labute approximate surface area is 73.0 Å². The smallest absolute Gasteiger partial charge is 1.00 e. The van der Waals surface area contributed by atoms with Gasteiger partial charge in [-0.05, 0) is 0 Å². The predicted octanol–water partition coefficient (Wildman–Crippen LogP) is -1.51. The zero-order chi connectivity index (χ0) is 4.28. The van der Waals surface area contributed by atoms with Crippen molar-refractivity contribution >= 4 is 23.1 Å². The normalized spacial score (nSPS) is 10.7. The molecule has 1 unspecified atom stereocenters. The minimum Gasteiger partial charge on any atom is -1.00 e. The Morgan fingerprint density at radius 2 is 1.71 bits per heavy atom. The van der Waals surface area contributed by atoms with Crippen LogP contribution in [0.4, 0.5) is 0 Å². The first-order valence-corrected chi connectivity index (χ1v) is 2.10. The van der Waals surface area contributed by atoms with Crippen molar-refractivity contribution in [2.45, 2.75) is 20.3 Å². The maximum Gasteiger partial charge on any atom is 2.00 e. The van der Waals surface area contributed by atoms with E-state index in [0.29, 0.717) is 5.92 Å². The minimum atomic E-state index is 0. The third kappa shape index (κ3) is 18.9. The molecule has 2 heteroatoms. The molecule has 0 amide bonds. The van der Waals surface area contributed by atoms with Gasteiger partial charge < -0.3 is 23.9 Å². The van der Waals surface area contributed by atoms with Crippen LogP contribution >= 0.6 is 0 Å². The molecule has 0 aromatic heterocycles. The van der Waals surface area contributed by atoms with Gasteiger partial charge in [0, 0.05) is 0 Å². The summed E-state index contributed by atoms with van der Waals surface area (Å²) in [7, 11) is 0. The first-order chi connectivity index (χ1) is 2.27. The van der Waals surface area contributed by atoms with Crippen LogP contribution in [0.5, 0.6) is 0 Å². The summed E-state index contributed by atoms with van der Waals surface area (Å²) in [4.78, 5) is 0. The van der Waals surface area contributed by atoms with Gasteiger partial charge in [0.2, 0.25) is 0 Å². The molecular formula is C5H11BrMg. The van der Waals surface area contributed by atoms with Crippen LogP contribution < -0.4 is 17.0 Å². The Bertz CT molecular complexity index is 22.0. The van der Waals surface area contributed by atoms with Gasteiger partial charge in [-0.15, -0.1) is 0 Å². The maximum atomic E-state index is 3.76. The van der Waals surface area contributed by atoms with Crippen molar-refractivity contribution in [2.24, 2.45) is 5.92 Å². The Balaban J connectivity index is -0.0000000800. The molecule has 0 aliphatic rings. The van der Waals surface area contributed by atoms with Crippen molar-refractivity contribution in [3.8, 4) is 0 Å². The summed E-state index contributed by atoms with van der Waals surface area (Å²) in [5.41, 5.74) is 0. The molecule has 0 N–H and O–H groups in total. The zero-order valence-electron chi connectivity index (χ0n) is 5.08. The first kappa shape index (κ1) is 15.7. The van der Waals surface area contributed by atoms with Gasteiger partial charge >= 0.3 is 23.1 Å². The summed E-state index contributed by atoms with van der Waals surface area (Å²) < 4.78 is 0. The summed E-state index contributed by atoms with van der Waals surface area (Å²) in [6.07, 6.45) is 1.19. The quantitative estimate of drug-likeness (QED) is 0.336. The molecule has 0 aromatic carbocycles. The molecule has 1 atom stereocenters. The molecule has 0 fully saturated rings. The minimum absolute atomic E-state index is 0. The van der Waals surface area contributed by atoms with Crippen LogP contribution in [0.1, 0.15) is 20.3 Å². The van der Waals surface area contributed by atoms with Crippen LogP contribution in [0.2, 0.25) is 0 Å². The summed E-state index contributed by atoms with van der Waals surface area (Å²) in [6, 6.07) is 0. The Morgan fingerprint density at radius 1 is 1.57 bits per heavy atom. The van der Waals surface area contributed by atoms with E-state index in [4.69, 9.17) is 0 Å². The van der Waals surface area contributed by atoms with Gasteiger partial charge in [-0.2, -0.15) is 5.92 Å². The van der Waals surface area contributed by atoms with Crippen molar-refractivity contribution in [3.63, 3.8) is 0 Å². The third-order valence-corrected chi connectivity index (χ3v) is 0.697. The summed E-state index contributed by atoms with van der Waals surface area (Å²) in [6.45, 7) is 8.00. The number of hydrogen-bond acceptors (Lipinski definition) is 0. The predicted molar refractivity (Wildman–Crippen MR) is 30.6 cm³/mol. The molecule has 40 valence electrons. The summed E-state index contributed by atoms with van der Waals surface area (Å²) >= 11 is 0. The topological polar surface area (TPSA) is 0 Å². The monoisotopic (exact) mass is 174 g/mol. The van der Waals surface area contributed by atoms with E-state index >= 15 is 0 Å². The number of halogens is 1. The van der Waals surface area contributed by atoms with E-state index in [-0.39, 0.29) is 40.0 Å². The largest absolute Gasteiger partial charge is 2.00 e. The van der Waals surface area contributed by atoms with Crippen LogP contribution in [-0.2, 0) is 0 Å². The van der Waals surface area contributed by atoms with Crippen molar-refractivity contribution in [1.82, 2.24) is 0 Å². The molecule has 0 radical (unpaired) electrons. The zero-order valence-corrected chi connectivity index (χ0v) is 8.08. The standard InChI is InChI=1S/C5H11.BrH.Mg/c1-4-5(2)3;;/h5H,2,4H2,1,3H3;1H;/q-1;;+2/p-1. The van der Waals surface area contributed by atoms with E-state index in [1.165, 1.54) is 6.42 Å². The number of rotatable bonds is 1. The van der Waals surface area contributed by atoms with E-state index < -0.39 is 0 Å². The van der Waals surface area contributed by atoms with Crippen molar-refractivity contribution in [1.29, 1.82) is 0 Å². The van der Waals surface area contributed by atoms with E-state index in [1.54, 1.807) is 0 Å². The molecule has 7 heavy (non-hydrogen) atoms. The molecule has 0 nitrogen and oxygen atoms in total. The summed E-state index contributed by atoms with van der Waals surface area (Å²) in [5.74, 6) is 0.634. The molecule has 0 rings (SSSR count). The Hall–Kier alpha value is 1.25. The van der Waals surface area contributed by atoms with Gasteiger partial charge in [-0.1, -0.05) is 20.3 Å². The Morgan fingerprint density at radius 3 is 1.71 bits per heavy atom. The molecule has 0 saturated carbocycles. The fourth-order valence-corrected chi connectivity index (χ4v) is 0. The van der Waals surface area contributed by atoms with Crippen LogP contribution in [0.15, 0.2) is 0 Å². The average Bonchev–Trinajstić information content (AvgIpc) is 1.38. The second-order valence-electron chi connectivity index (χ2n) is 1.51. The molecule has 0 spiro atoms. The van der Waals surface area contributed by atoms with Crippen LogP contribution in [-0.4, -0.2) is 23.1 Å². The number of hydrogen-bond donors (Lipinski definition) is 0. The molecule has 0 aliphatic heterocycles. The summed E-state index contributed by atoms with van der Waals surface area (Å²) in [5, 5.41) is 0. The van der Waals surface area contributed by atoms with Gasteiger partial charge in [0.1, 0.15) is 0 Å². The molecule has 0 heterocycles. The van der Waals surface area contributed by atoms with Crippen molar-refractivity contribution in [3.05, 3.63) is 6.92 Å². The molecule has 0 aromatic rings. The average molecular weight is 175 g/mol. The van der Waals surface area contributed by atoms with Crippen LogP contribution in [0, 0.1) is 12.8 Å². The van der Waals surface area contributed by atoms with E-state index in [1.807, 2.05) is 0 Å². The third-order valence-electron chi connectivity index (χ3n) is 0.697. The van der Waals surface area contributed by atoms with Gasteiger partial charge in [-0.25, -0.2) is 0 Å². The van der Waals surface area contributed by atoms with Crippen LogP contribution in [0.3, 0.4) is 0 Å². The molecule has 0 saturated heterocycles. The second kappa shape index (κ2) is 10.3. The van der Waals surface area contributed by atoms with Gasteiger partial charge in [0.25, 0.3) is 0 Å². The fourth-order valence-electron chi connectivity index (χ4n) is 0. The van der Waals surface area contributed by atoms with Gasteiger partial charge in [0.05, 0.1) is 0 Å². The van der Waals surface area contributed by atoms with Crippen LogP contribution in [0.25, 0.3) is 0 Å². The van der Waals surface area contributed by atoms with Gasteiger partial charge in [-0.3, -0.25) is 0 Å². The SMILES string of the molecule is [Br-].[CH2-]C(C)CC.[Mg+2].